The number of rotatable bonds is 7. The monoisotopic (exact) mass is 330 g/mol. The molecule has 1 aliphatic carbocycles. The molecule has 6 heteroatoms. The SMILES string of the molecule is CCc1ccc(-c2nc(SCC(=O)N[C@@H](C)C3CC3)n[nH]2)cc1. The number of benzene rings is 1. The topological polar surface area (TPSA) is 70.7 Å². The van der Waals surface area contributed by atoms with Crippen molar-refractivity contribution in [3.05, 3.63) is 29.8 Å². The van der Waals surface area contributed by atoms with E-state index in [9.17, 15) is 4.79 Å². The zero-order valence-electron chi connectivity index (χ0n) is 13.5. The number of aryl methyl sites for hydroxylation is 1. The summed E-state index contributed by atoms with van der Waals surface area (Å²) in [5.74, 6) is 1.81. The average molecular weight is 330 g/mol. The molecule has 122 valence electrons. The maximum absolute atomic E-state index is 11.9. The van der Waals surface area contributed by atoms with Crippen molar-refractivity contribution in [1.82, 2.24) is 20.5 Å². The Balaban J connectivity index is 1.53. The lowest BCUT2D eigenvalue weighted by molar-refractivity contribution is -0.119. The molecule has 0 saturated heterocycles. The van der Waals surface area contributed by atoms with E-state index in [1.807, 2.05) is 12.1 Å². The Bertz CT molecular complexity index is 663. The Morgan fingerprint density at radius 1 is 1.39 bits per heavy atom. The van der Waals surface area contributed by atoms with Crippen LogP contribution < -0.4 is 5.32 Å². The predicted octanol–water partition coefficient (Wildman–Crippen LogP) is 3.04. The van der Waals surface area contributed by atoms with Crippen LogP contribution in [-0.4, -0.2) is 32.9 Å². The van der Waals surface area contributed by atoms with E-state index in [-0.39, 0.29) is 11.9 Å². The molecule has 1 aromatic heterocycles. The number of carbonyl (C=O) groups is 1. The first-order chi connectivity index (χ1) is 11.2. The van der Waals surface area contributed by atoms with Gasteiger partial charge in [0.05, 0.1) is 5.75 Å². The van der Waals surface area contributed by atoms with Crippen LogP contribution in [0.15, 0.2) is 29.4 Å². The molecular weight excluding hydrogens is 308 g/mol. The molecule has 1 fully saturated rings. The van der Waals surface area contributed by atoms with Crippen LogP contribution in [-0.2, 0) is 11.2 Å². The van der Waals surface area contributed by atoms with Gasteiger partial charge in [-0.15, -0.1) is 5.10 Å². The Morgan fingerprint density at radius 2 is 2.13 bits per heavy atom. The first kappa shape index (κ1) is 16.1. The molecule has 0 unspecified atom stereocenters. The van der Waals surface area contributed by atoms with Crippen molar-refractivity contribution in [3.8, 4) is 11.4 Å². The second-order valence-electron chi connectivity index (χ2n) is 6.00. The summed E-state index contributed by atoms with van der Waals surface area (Å²) in [6.07, 6.45) is 3.48. The zero-order valence-corrected chi connectivity index (χ0v) is 14.3. The molecule has 5 nitrogen and oxygen atoms in total. The lowest BCUT2D eigenvalue weighted by atomic mass is 10.1. The minimum absolute atomic E-state index is 0.0491. The van der Waals surface area contributed by atoms with Crippen molar-refractivity contribution >= 4 is 17.7 Å². The summed E-state index contributed by atoms with van der Waals surface area (Å²) < 4.78 is 0. The predicted molar refractivity (Wildman–Crippen MR) is 92.2 cm³/mol. The standard InChI is InChI=1S/C17H22N4OS/c1-3-12-4-6-14(7-5-12)16-19-17(21-20-16)23-10-15(22)18-11(2)13-8-9-13/h4-7,11,13H,3,8-10H2,1-2H3,(H,18,22)(H,19,20,21)/t11-/m0/s1. The zero-order chi connectivity index (χ0) is 16.2. The number of hydrogen-bond donors (Lipinski definition) is 2. The Morgan fingerprint density at radius 3 is 2.78 bits per heavy atom. The van der Waals surface area contributed by atoms with Gasteiger partial charge in [0.2, 0.25) is 11.1 Å². The molecule has 1 aromatic carbocycles. The smallest absolute Gasteiger partial charge is 0.230 e. The molecule has 1 heterocycles. The maximum atomic E-state index is 11.9. The lowest BCUT2D eigenvalue weighted by Crippen LogP contribution is -2.35. The van der Waals surface area contributed by atoms with Gasteiger partial charge in [-0.05, 0) is 37.7 Å². The van der Waals surface area contributed by atoms with Gasteiger partial charge in [-0.25, -0.2) is 4.98 Å². The summed E-state index contributed by atoms with van der Waals surface area (Å²) in [7, 11) is 0. The van der Waals surface area contributed by atoms with E-state index in [1.165, 1.54) is 30.2 Å². The highest BCUT2D eigenvalue weighted by Gasteiger charge is 2.28. The van der Waals surface area contributed by atoms with E-state index in [0.717, 1.165) is 17.8 Å². The number of thioether (sulfide) groups is 1. The normalized spacial score (nSPS) is 15.4. The first-order valence-electron chi connectivity index (χ1n) is 8.09. The third kappa shape index (κ3) is 4.34. The number of nitrogens with one attached hydrogen (secondary N) is 2. The minimum atomic E-state index is 0.0491. The molecular formula is C17H22N4OS. The number of aromatic amines is 1. The molecule has 1 aliphatic rings. The van der Waals surface area contributed by atoms with Gasteiger partial charge in [0, 0.05) is 11.6 Å². The fourth-order valence-electron chi connectivity index (χ4n) is 2.48. The summed E-state index contributed by atoms with van der Waals surface area (Å²) in [4.78, 5) is 16.4. The highest BCUT2D eigenvalue weighted by molar-refractivity contribution is 7.99. The van der Waals surface area contributed by atoms with Crippen molar-refractivity contribution < 1.29 is 4.79 Å². The van der Waals surface area contributed by atoms with E-state index in [1.54, 1.807) is 0 Å². The summed E-state index contributed by atoms with van der Waals surface area (Å²) in [6.45, 7) is 4.21. The molecule has 3 rings (SSSR count). The summed E-state index contributed by atoms with van der Waals surface area (Å²) in [5.41, 5.74) is 2.30. The first-order valence-corrected chi connectivity index (χ1v) is 9.08. The van der Waals surface area contributed by atoms with Gasteiger partial charge in [0.25, 0.3) is 0 Å². The van der Waals surface area contributed by atoms with Gasteiger partial charge >= 0.3 is 0 Å². The number of hydrogen-bond acceptors (Lipinski definition) is 4. The number of carbonyl (C=O) groups excluding carboxylic acids is 1. The van der Waals surface area contributed by atoms with Crippen LogP contribution in [0.1, 0.15) is 32.3 Å². The third-order valence-corrected chi connectivity index (χ3v) is 5.00. The highest BCUT2D eigenvalue weighted by atomic mass is 32.2. The number of aromatic nitrogens is 3. The second kappa shape index (κ2) is 7.17. The van der Waals surface area contributed by atoms with Crippen molar-refractivity contribution in [2.24, 2.45) is 5.92 Å². The van der Waals surface area contributed by atoms with Crippen molar-refractivity contribution in [2.75, 3.05) is 5.75 Å². The van der Waals surface area contributed by atoms with Crippen molar-refractivity contribution in [1.29, 1.82) is 0 Å². The van der Waals surface area contributed by atoms with E-state index >= 15 is 0 Å². The van der Waals surface area contributed by atoms with Gasteiger partial charge < -0.3 is 5.32 Å². The fraction of sp³-hybridized carbons (Fsp3) is 0.471. The van der Waals surface area contributed by atoms with Crippen LogP contribution in [0.2, 0.25) is 0 Å². The van der Waals surface area contributed by atoms with E-state index in [4.69, 9.17) is 0 Å². The van der Waals surface area contributed by atoms with Gasteiger partial charge in [0.1, 0.15) is 0 Å². The second-order valence-corrected chi connectivity index (χ2v) is 6.94. The van der Waals surface area contributed by atoms with Crippen LogP contribution in [0.4, 0.5) is 0 Å². The lowest BCUT2D eigenvalue weighted by Gasteiger charge is -2.11. The molecule has 1 saturated carbocycles. The highest BCUT2D eigenvalue weighted by Crippen LogP contribution is 2.32. The molecule has 2 aromatic rings. The maximum Gasteiger partial charge on any atom is 0.230 e. The summed E-state index contributed by atoms with van der Waals surface area (Å²) in [5, 5.41) is 10.8. The van der Waals surface area contributed by atoms with Gasteiger partial charge in [0.15, 0.2) is 5.82 Å². The molecule has 0 bridgehead atoms. The van der Waals surface area contributed by atoms with Crippen LogP contribution in [0, 0.1) is 5.92 Å². The number of amides is 1. The van der Waals surface area contributed by atoms with Gasteiger partial charge in [-0.1, -0.05) is 43.0 Å². The Kier molecular flexibility index (Phi) is 5.00. The van der Waals surface area contributed by atoms with Crippen LogP contribution >= 0.6 is 11.8 Å². The molecule has 0 spiro atoms. The summed E-state index contributed by atoms with van der Waals surface area (Å²) >= 11 is 1.36. The van der Waals surface area contributed by atoms with E-state index < -0.39 is 0 Å². The average Bonchev–Trinajstić information content (AvgIpc) is 3.32. The quantitative estimate of drug-likeness (QED) is 0.766. The molecule has 1 atom stereocenters. The molecule has 2 N–H and O–H groups in total. The minimum Gasteiger partial charge on any atom is -0.353 e. The van der Waals surface area contributed by atoms with Crippen molar-refractivity contribution in [2.45, 2.75) is 44.3 Å². The Labute approximate surface area is 140 Å². The molecule has 23 heavy (non-hydrogen) atoms. The largest absolute Gasteiger partial charge is 0.353 e. The van der Waals surface area contributed by atoms with Crippen LogP contribution in [0.5, 0.6) is 0 Å². The molecule has 1 amide bonds. The van der Waals surface area contributed by atoms with E-state index in [2.05, 4.69) is 46.5 Å². The Hall–Kier alpha value is -1.82. The van der Waals surface area contributed by atoms with Crippen molar-refractivity contribution in [3.63, 3.8) is 0 Å². The summed E-state index contributed by atoms with van der Waals surface area (Å²) in [6, 6.07) is 8.55. The van der Waals surface area contributed by atoms with Gasteiger partial charge in [-0.3, -0.25) is 9.89 Å². The fourth-order valence-corrected chi connectivity index (χ4v) is 3.09. The molecule has 0 aliphatic heterocycles. The molecule has 0 radical (unpaired) electrons. The van der Waals surface area contributed by atoms with Crippen LogP contribution in [0.3, 0.4) is 0 Å². The van der Waals surface area contributed by atoms with Gasteiger partial charge in [-0.2, -0.15) is 0 Å². The van der Waals surface area contributed by atoms with E-state index in [0.29, 0.717) is 16.8 Å². The number of H-pyrrole nitrogens is 1. The van der Waals surface area contributed by atoms with Crippen LogP contribution in [0.25, 0.3) is 11.4 Å². The third-order valence-electron chi connectivity index (χ3n) is 4.15. The number of nitrogens with zero attached hydrogens (tertiary/aromatic N) is 2.